The number of nitrogens with zero attached hydrogens (tertiary/aromatic N) is 2. The molecule has 6 aromatic rings. The molecule has 0 unspecified atom stereocenters. The van der Waals surface area contributed by atoms with Crippen LogP contribution in [0, 0.1) is 0 Å². The van der Waals surface area contributed by atoms with Gasteiger partial charge in [0.15, 0.2) is 0 Å². The van der Waals surface area contributed by atoms with Crippen molar-refractivity contribution in [3.63, 3.8) is 0 Å². The van der Waals surface area contributed by atoms with Gasteiger partial charge in [-0.1, -0.05) is 97.1 Å². The maximum atomic E-state index is 12.4. The summed E-state index contributed by atoms with van der Waals surface area (Å²) in [5.41, 5.74) is 7.11. The zero-order valence-corrected chi connectivity index (χ0v) is 22.4. The lowest BCUT2D eigenvalue weighted by atomic mass is 9.97. The molecule has 0 atom stereocenters. The molecular formula is C35H28N4O2. The average molecular weight is 537 g/mol. The fraction of sp³-hybridized carbons (Fsp3) is 0.0857. The third-order valence-electron chi connectivity index (χ3n) is 7.20. The zero-order valence-electron chi connectivity index (χ0n) is 22.4. The van der Waals surface area contributed by atoms with Crippen LogP contribution in [-0.2, 0) is 9.59 Å². The molecule has 0 spiro atoms. The van der Waals surface area contributed by atoms with Crippen molar-refractivity contribution in [3.8, 4) is 0 Å². The predicted octanol–water partition coefficient (Wildman–Crippen LogP) is 7.07. The number of hydrazone groups is 2. The van der Waals surface area contributed by atoms with E-state index in [9.17, 15) is 9.59 Å². The molecule has 0 bridgehead atoms. The van der Waals surface area contributed by atoms with Gasteiger partial charge >= 0.3 is 0 Å². The van der Waals surface area contributed by atoms with Crippen molar-refractivity contribution in [2.45, 2.75) is 19.3 Å². The summed E-state index contributed by atoms with van der Waals surface area (Å²) in [7, 11) is 0. The van der Waals surface area contributed by atoms with Gasteiger partial charge in [-0.15, -0.1) is 0 Å². The molecule has 0 heterocycles. The quantitative estimate of drug-likeness (QED) is 0.124. The van der Waals surface area contributed by atoms with Crippen molar-refractivity contribution in [1.29, 1.82) is 0 Å². The number of hydrogen-bond acceptors (Lipinski definition) is 4. The summed E-state index contributed by atoms with van der Waals surface area (Å²) in [6.45, 7) is 0. The summed E-state index contributed by atoms with van der Waals surface area (Å²) in [5, 5.41) is 17.2. The molecule has 0 saturated heterocycles. The van der Waals surface area contributed by atoms with E-state index in [1.807, 2.05) is 48.5 Å². The molecule has 2 N–H and O–H groups in total. The van der Waals surface area contributed by atoms with E-state index in [1.54, 1.807) is 12.4 Å². The van der Waals surface area contributed by atoms with Crippen LogP contribution < -0.4 is 10.9 Å². The first kappa shape index (κ1) is 25.9. The Kier molecular flexibility index (Phi) is 7.45. The second-order valence-corrected chi connectivity index (χ2v) is 9.90. The Morgan fingerprint density at radius 3 is 1.17 bits per heavy atom. The second-order valence-electron chi connectivity index (χ2n) is 9.90. The number of benzene rings is 6. The molecule has 6 aromatic carbocycles. The highest BCUT2D eigenvalue weighted by molar-refractivity contribution is 6.14. The topological polar surface area (TPSA) is 82.9 Å². The average Bonchev–Trinajstić information content (AvgIpc) is 3.00. The van der Waals surface area contributed by atoms with Gasteiger partial charge in [-0.25, -0.2) is 10.9 Å². The number of nitrogens with one attached hydrogen (secondary N) is 2. The Morgan fingerprint density at radius 1 is 0.512 bits per heavy atom. The summed E-state index contributed by atoms with van der Waals surface area (Å²) >= 11 is 0. The van der Waals surface area contributed by atoms with Crippen LogP contribution in [0.1, 0.15) is 30.4 Å². The Balaban J connectivity index is 1.05. The summed E-state index contributed by atoms with van der Waals surface area (Å²) in [5.74, 6) is -0.492. The molecule has 6 heteroatoms. The number of amides is 2. The molecule has 0 aliphatic rings. The number of rotatable bonds is 8. The van der Waals surface area contributed by atoms with Gasteiger partial charge in [0.05, 0.1) is 12.4 Å². The highest BCUT2D eigenvalue weighted by atomic mass is 16.2. The summed E-state index contributed by atoms with van der Waals surface area (Å²) in [4.78, 5) is 24.8. The lowest BCUT2D eigenvalue weighted by Crippen LogP contribution is -2.20. The number of fused-ring (bicyclic) bond motifs is 4. The van der Waals surface area contributed by atoms with Crippen molar-refractivity contribution < 1.29 is 9.59 Å². The van der Waals surface area contributed by atoms with Crippen molar-refractivity contribution in [3.05, 3.63) is 120 Å². The van der Waals surface area contributed by atoms with Crippen LogP contribution in [-0.4, -0.2) is 24.2 Å². The first-order valence-electron chi connectivity index (χ1n) is 13.6. The van der Waals surface area contributed by atoms with Crippen LogP contribution in [0.2, 0.25) is 0 Å². The van der Waals surface area contributed by atoms with E-state index in [0.717, 1.165) is 54.2 Å². The van der Waals surface area contributed by atoms with Crippen LogP contribution in [0.15, 0.2) is 119 Å². The first-order valence-corrected chi connectivity index (χ1v) is 13.6. The number of carbonyl (C=O) groups is 2. The highest BCUT2D eigenvalue weighted by Crippen LogP contribution is 2.28. The van der Waals surface area contributed by atoms with Gasteiger partial charge in [0.2, 0.25) is 11.8 Å². The molecular weight excluding hydrogens is 508 g/mol. The fourth-order valence-corrected chi connectivity index (χ4v) is 5.23. The van der Waals surface area contributed by atoms with Crippen LogP contribution >= 0.6 is 0 Å². The van der Waals surface area contributed by atoms with E-state index in [4.69, 9.17) is 0 Å². The van der Waals surface area contributed by atoms with Gasteiger partial charge < -0.3 is 0 Å². The SMILES string of the molecule is O=C(CCCC(=O)N/N=C\c1c2ccccc2cc2ccccc12)N/N=C\c1c2ccccc2cc2ccccc12. The summed E-state index contributed by atoms with van der Waals surface area (Å²) in [6, 6.07) is 36.8. The predicted molar refractivity (Wildman–Crippen MR) is 168 cm³/mol. The third kappa shape index (κ3) is 5.68. The summed E-state index contributed by atoms with van der Waals surface area (Å²) in [6.07, 6.45) is 4.14. The molecule has 200 valence electrons. The number of hydrogen-bond donors (Lipinski definition) is 2. The lowest BCUT2D eigenvalue weighted by Gasteiger charge is -2.08. The molecule has 41 heavy (non-hydrogen) atoms. The minimum Gasteiger partial charge on any atom is -0.273 e. The normalized spacial score (nSPS) is 11.7. The van der Waals surface area contributed by atoms with Crippen molar-refractivity contribution in [2.75, 3.05) is 0 Å². The van der Waals surface area contributed by atoms with Crippen LogP contribution in [0.4, 0.5) is 0 Å². The van der Waals surface area contributed by atoms with E-state index < -0.39 is 0 Å². The molecule has 0 fully saturated rings. The molecule has 0 aliphatic carbocycles. The number of carbonyl (C=O) groups excluding carboxylic acids is 2. The fourth-order valence-electron chi connectivity index (χ4n) is 5.23. The van der Waals surface area contributed by atoms with Crippen LogP contribution in [0.5, 0.6) is 0 Å². The van der Waals surface area contributed by atoms with E-state index >= 15 is 0 Å². The largest absolute Gasteiger partial charge is 0.273 e. The van der Waals surface area contributed by atoms with Gasteiger partial charge in [-0.3, -0.25) is 9.59 Å². The Labute approximate surface area is 237 Å². The van der Waals surface area contributed by atoms with E-state index in [0.29, 0.717) is 6.42 Å². The molecule has 0 saturated carbocycles. The minimum atomic E-state index is -0.246. The molecule has 2 amide bonds. The van der Waals surface area contributed by atoms with Gasteiger partial charge in [0.1, 0.15) is 0 Å². The van der Waals surface area contributed by atoms with E-state index in [2.05, 4.69) is 81.7 Å². The maximum Gasteiger partial charge on any atom is 0.240 e. The molecule has 0 aliphatic heterocycles. The van der Waals surface area contributed by atoms with Crippen molar-refractivity contribution >= 4 is 67.3 Å². The highest BCUT2D eigenvalue weighted by Gasteiger charge is 2.08. The minimum absolute atomic E-state index is 0.179. The molecule has 0 aromatic heterocycles. The van der Waals surface area contributed by atoms with Gasteiger partial charge in [0, 0.05) is 24.0 Å². The second kappa shape index (κ2) is 11.8. The van der Waals surface area contributed by atoms with Crippen molar-refractivity contribution in [2.24, 2.45) is 10.2 Å². The third-order valence-corrected chi connectivity index (χ3v) is 7.20. The standard InChI is InChI=1S/C35H28N4O2/c40-34(38-36-22-32-28-14-5-1-10-24(28)20-25-11-2-6-15-29(25)32)18-9-19-35(41)39-37-23-33-30-16-7-3-12-26(30)21-27-13-4-8-17-31(27)33/h1-8,10-17,20-23H,9,18-19H2,(H,38,40)(H,39,41)/b36-22-,37-23-. The Morgan fingerprint density at radius 2 is 0.829 bits per heavy atom. The van der Waals surface area contributed by atoms with Crippen molar-refractivity contribution in [1.82, 2.24) is 10.9 Å². The zero-order chi connectivity index (χ0) is 28.0. The Hall–Kier alpha value is -5.36. The molecule has 6 nitrogen and oxygen atoms in total. The maximum absolute atomic E-state index is 12.4. The van der Waals surface area contributed by atoms with Crippen LogP contribution in [0.3, 0.4) is 0 Å². The van der Waals surface area contributed by atoms with E-state index in [-0.39, 0.29) is 24.7 Å². The van der Waals surface area contributed by atoms with Gasteiger partial charge in [0.25, 0.3) is 0 Å². The Bertz CT molecular complexity index is 1730. The monoisotopic (exact) mass is 536 g/mol. The molecule has 0 radical (unpaired) electrons. The lowest BCUT2D eigenvalue weighted by molar-refractivity contribution is -0.122. The molecule has 6 rings (SSSR count). The van der Waals surface area contributed by atoms with E-state index in [1.165, 1.54) is 0 Å². The van der Waals surface area contributed by atoms with Gasteiger partial charge in [-0.2, -0.15) is 10.2 Å². The summed E-state index contributed by atoms with van der Waals surface area (Å²) < 4.78 is 0. The first-order chi connectivity index (χ1) is 20.2. The van der Waals surface area contributed by atoms with Crippen LogP contribution in [0.25, 0.3) is 43.1 Å². The smallest absolute Gasteiger partial charge is 0.240 e. The van der Waals surface area contributed by atoms with Gasteiger partial charge in [-0.05, 0) is 61.6 Å².